The van der Waals surface area contributed by atoms with Crippen molar-refractivity contribution in [1.29, 1.82) is 0 Å². The van der Waals surface area contributed by atoms with Crippen LogP contribution in [0.15, 0.2) is 0 Å². The number of carbonyl (C=O) groups is 1. The average Bonchev–Trinajstić information content (AvgIpc) is 2.66. The largest absolute Gasteiger partial charge is 0.343 e. The van der Waals surface area contributed by atoms with Crippen LogP contribution in [-0.2, 0) is 4.79 Å². The van der Waals surface area contributed by atoms with Gasteiger partial charge in [0.1, 0.15) is 0 Å². The summed E-state index contributed by atoms with van der Waals surface area (Å²) >= 11 is 0. The molecule has 1 aliphatic heterocycles. The van der Waals surface area contributed by atoms with Crippen LogP contribution in [0.5, 0.6) is 0 Å². The van der Waals surface area contributed by atoms with Crippen LogP contribution in [0.1, 0.15) is 44.9 Å². The van der Waals surface area contributed by atoms with Crippen LogP contribution in [0.3, 0.4) is 0 Å². The first kappa shape index (κ1) is 10.9. The summed E-state index contributed by atoms with van der Waals surface area (Å²) in [7, 11) is 0. The molecule has 0 radical (unpaired) electrons. The summed E-state index contributed by atoms with van der Waals surface area (Å²) < 4.78 is 0. The van der Waals surface area contributed by atoms with Gasteiger partial charge in [-0.05, 0) is 37.6 Å². The molecule has 2 rings (SSSR count). The molecule has 3 nitrogen and oxygen atoms in total. The van der Waals surface area contributed by atoms with E-state index in [4.69, 9.17) is 5.73 Å². The lowest BCUT2D eigenvalue weighted by Crippen LogP contribution is -2.43. The quantitative estimate of drug-likeness (QED) is 0.767. The van der Waals surface area contributed by atoms with Crippen molar-refractivity contribution < 1.29 is 4.79 Å². The molecular weight excluding hydrogens is 188 g/mol. The summed E-state index contributed by atoms with van der Waals surface area (Å²) in [5.41, 5.74) is 5.87. The fourth-order valence-electron chi connectivity index (χ4n) is 3.09. The van der Waals surface area contributed by atoms with Crippen molar-refractivity contribution >= 4 is 5.91 Å². The molecule has 0 aromatic carbocycles. The van der Waals surface area contributed by atoms with E-state index in [9.17, 15) is 4.79 Å². The van der Waals surface area contributed by atoms with Gasteiger partial charge in [-0.25, -0.2) is 0 Å². The Bertz CT molecular complexity index is 234. The number of rotatable bonds is 3. The molecule has 2 N–H and O–H groups in total. The molecule has 86 valence electrons. The van der Waals surface area contributed by atoms with Crippen LogP contribution in [-0.4, -0.2) is 30.4 Å². The number of nitrogens with zero attached hydrogens (tertiary/aromatic N) is 1. The van der Waals surface area contributed by atoms with Crippen molar-refractivity contribution in [2.75, 3.05) is 19.6 Å². The summed E-state index contributed by atoms with van der Waals surface area (Å²) in [5.74, 6) is 0.372. The lowest BCUT2D eigenvalue weighted by atomic mass is 9.76. The molecule has 1 saturated heterocycles. The molecule has 1 spiro atoms. The summed E-state index contributed by atoms with van der Waals surface area (Å²) in [6.07, 6.45) is 8.19. The summed E-state index contributed by atoms with van der Waals surface area (Å²) in [4.78, 5) is 14.0. The number of hydrogen-bond donors (Lipinski definition) is 1. The summed E-state index contributed by atoms with van der Waals surface area (Å²) in [6.45, 7) is 2.53. The number of likely N-dealkylation sites (tertiary alicyclic amines) is 1. The molecule has 1 saturated carbocycles. The van der Waals surface area contributed by atoms with E-state index in [-0.39, 0.29) is 0 Å². The van der Waals surface area contributed by atoms with Gasteiger partial charge in [0.2, 0.25) is 5.91 Å². The van der Waals surface area contributed by atoms with Crippen molar-refractivity contribution in [3.8, 4) is 0 Å². The highest BCUT2D eigenvalue weighted by atomic mass is 16.2. The molecule has 0 aromatic heterocycles. The zero-order valence-electron chi connectivity index (χ0n) is 9.50. The van der Waals surface area contributed by atoms with E-state index < -0.39 is 0 Å². The Morgan fingerprint density at radius 3 is 2.60 bits per heavy atom. The van der Waals surface area contributed by atoms with E-state index in [1.165, 1.54) is 32.1 Å². The van der Waals surface area contributed by atoms with Gasteiger partial charge >= 0.3 is 0 Å². The SMILES string of the molecule is NCCCN1CCC2(CCCC2)CC1=O. The van der Waals surface area contributed by atoms with Crippen molar-refractivity contribution in [3.05, 3.63) is 0 Å². The monoisotopic (exact) mass is 210 g/mol. The van der Waals surface area contributed by atoms with Gasteiger partial charge in [-0.3, -0.25) is 4.79 Å². The first-order chi connectivity index (χ1) is 7.26. The molecule has 2 fully saturated rings. The molecule has 1 heterocycles. The van der Waals surface area contributed by atoms with Crippen molar-refractivity contribution in [2.24, 2.45) is 11.1 Å². The Morgan fingerprint density at radius 2 is 2.00 bits per heavy atom. The molecule has 1 aliphatic carbocycles. The van der Waals surface area contributed by atoms with E-state index in [0.29, 0.717) is 17.9 Å². The second-order valence-electron chi connectivity index (χ2n) is 5.16. The Labute approximate surface area is 92.0 Å². The third kappa shape index (κ3) is 2.33. The van der Waals surface area contributed by atoms with Crippen LogP contribution in [0.2, 0.25) is 0 Å². The normalized spacial score (nSPS) is 25.1. The Kier molecular flexibility index (Phi) is 3.29. The highest BCUT2D eigenvalue weighted by molar-refractivity contribution is 5.77. The minimum atomic E-state index is 0.372. The van der Waals surface area contributed by atoms with Crippen LogP contribution < -0.4 is 5.73 Å². The maximum absolute atomic E-state index is 11.9. The summed E-state index contributed by atoms with van der Waals surface area (Å²) in [5, 5.41) is 0. The van der Waals surface area contributed by atoms with Gasteiger partial charge in [-0.15, -0.1) is 0 Å². The van der Waals surface area contributed by atoms with Crippen molar-refractivity contribution in [3.63, 3.8) is 0 Å². The Hall–Kier alpha value is -0.570. The predicted molar refractivity (Wildman–Crippen MR) is 60.4 cm³/mol. The number of carbonyl (C=O) groups excluding carboxylic acids is 1. The zero-order chi connectivity index (χ0) is 10.7. The lowest BCUT2D eigenvalue weighted by Gasteiger charge is -2.38. The molecule has 0 bridgehead atoms. The van der Waals surface area contributed by atoms with Gasteiger partial charge in [-0.2, -0.15) is 0 Å². The minimum Gasteiger partial charge on any atom is -0.343 e. The third-order valence-corrected chi connectivity index (χ3v) is 4.09. The molecule has 2 aliphatic rings. The summed E-state index contributed by atoms with van der Waals surface area (Å²) in [6, 6.07) is 0. The zero-order valence-corrected chi connectivity index (χ0v) is 9.50. The van der Waals surface area contributed by atoms with Gasteiger partial charge in [0.15, 0.2) is 0 Å². The molecule has 3 heteroatoms. The van der Waals surface area contributed by atoms with E-state index in [1.54, 1.807) is 0 Å². The van der Waals surface area contributed by atoms with Gasteiger partial charge in [-0.1, -0.05) is 12.8 Å². The first-order valence-corrected chi connectivity index (χ1v) is 6.24. The van der Waals surface area contributed by atoms with Crippen LogP contribution >= 0.6 is 0 Å². The second-order valence-corrected chi connectivity index (χ2v) is 5.16. The Morgan fingerprint density at radius 1 is 1.27 bits per heavy atom. The standard InChI is InChI=1S/C12H22N2O/c13-7-3-8-14-9-6-12(10-11(14)15)4-1-2-5-12/h1-10,13H2. The highest BCUT2D eigenvalue weighted by Gasteiger charge is 2.40. The number of piperidine rings is 1. The third-order valence-electron chi connectivity index (χ3n) is 4.09. The maximum atomic E-state index is 11.9. The van der Waals surface area contributed by atoms with Gasteiger partial charge < -0.3 is 10.6 Å². The molecule has 15 heavy (non-hydrogen) atoms. The topological polar surface area (TPSA) is 46.3 Å². The fraction of sp³-hybridized carbons (Fsp3) is 0.917. The number of hydrogen-bond acceptors (Lipinski definition) is 2. The maximum Gasteiger partial charge on any atom is 0.223 e. The Balaban J connectivity index is 1.88. The van der Waals surface area contributed by atoms with Crippen molar-refractivity contribution in [2.45, 2.75) is 44.9 Å². The molecule has 0 unspecified atom stereocenters. The fourth-order valence-corrected chi connectivity index (χ4v) is 3.09. The first-order valence-electron chi connectivity index (χ1n) is 6.24. The van der Waals surface area contributed by atoms with Gasteiger partial charge in [0.25, 0.3) is 0 Å². The van der Waals surface area contributed by atoms with E-state index in [1.807, 2.05) is 4.90 Å². The number of nitrogens with two attached hydrogens (primary N) is 1. The average molecular weight is 210 g/mol. The van der Waals surface area contributed by atoms with Gasteiger partial charge in [0, 0.05) is 19.5 Å². The smallest absolute Gasteiger partial charge is 0.223 e. The van der Waals surface area contributed by atoms with E-state index in [2.05, 4.69) is 0 Å². The van der Waals surface area contributed by atoms with E-state index in [0.717, 1.165) is 25.9 Å². The van der Waals surface area contributed by atoms with Gasteiger partial charge in [0.05, 0.1) is 0 Å². The van der Waals surface area contributed by atoms with E-state index >= 15 is 0 Å². The second kappa shape index (κ2) is 4.52. The molecular formula is C12H22N2O. The van der Waals surface area contributed by atoms with Crippen molar-refractivity contribution in [1.82, 2.24) is 4.90 Å². The minimum absolute atomic E-state index is 0.372. The molecule has 0 aromatic rings. The van der Waals surface area contributed by atoms with Crippen LogP contribution in [0, 0.1) is 5.41 Å². The molecule has 1 amide bonds. The van der Waals surface area contributed by atoms with Crippen LogP contribution in [0.4, 0.5) is 0 Å². The van der Waals surface area contributed by atoms with Crippen LogP contribution in [0.25, 0.3) is 0 Å². The predicted octanol–water partition coefficient (Wildman–Crippen LogP) is 1.52. The molecule has 0 atom stereocenters. The lowest BCUT2D eigenvalue weighted by molar-refractivity contribution is -0.138. The highest BCUT2D eigenvalue weighted by Crippen LogP contribution is 2.46. The number of amides is 1.